The van der Waals surface area contributed by atoms with Crippen molar-refractivity contribution in [3.05, 3.63) is 113 Å². The molecule has 0 radical (unpaired) electrons. The molecule has 4 aromatic rings. The number of carbonyl (C=O) groups excluding carboxylic acids is 3. The summed E-state index contributed by atoms with van der Waals surface area (Å²) >= 11 is 1.15. The second kappa shape index (κ2) is 11.8. The minimum absolute atomic E-state index is 0.00981. The van der Waals surface area contributed by atoms with E-state index in [4.69, 9.17) is 13.9 Å². The Bertz CT molecular complexity index is 1570. The lowest BCUT2D eigenvalue weighted by Crippen LogP contribution is -2.31. The average molecular weight is 556 g/mol. The summed E-state index contributed by atoms with van der Waals surface area (Å²) in [6.45, 7) is -0.00981. The van der Waals surface area contributed by atoms with Crippen LogP contribution in [0.1, 0.15) is 16.1 Å². The summed E-state index contributed by atoms with van der Waals surface area (Å²) < 4.78 is 16.1. The first kappa shape index (κ1) is 26.6. The van der Waals surface area contributed by atoms with E-state index >= 15 is 0 Å². The van der Waals surface area contributed by atoms with E-state index in [-0.39, 0.29) is 23.1 Å². The third-order valence-corrected chi connectivity index (χ3v) is 7.15. The number of hydrogen-bond acceptors (Lipinski definition) is 8. The Hall–Kier alpha value is -4.96. The monoisotopic (exact) mass is 555 g/mol. The molecule has 0 saturated heterocycles. The molecule has 0 unspecified atom stereocenters. The van der Waals surface area contributed by atoms with Crippen LogP contribution in [0.25, 0.3) is 0 Å². The predicted molar refractivity (Wildman–Crippen MR) is 151 cm³/mol. The molecule has 3 aromatic carbocycles. The summed E-state index contributed by atoms with van der Waals surface area (Å²) in [4.78, 5) is 41.5. The lowest BCUT2D eigenvalue weighted by Gasteiger charge is -2.15. The van der Waals surface area contributed by atoms with Gasteiger partial charge in [-0.1, -0.05) is 30.0 Å². The van der Waals surface area contributed by atoms with Crippen LogP contribution in [0.2, 0.25) is 0 Å². The van der Waals surface area contributed by atoms with Crippen LogP contribution in [-0.4, -0.2) is 36.8 Å². The number of hydrogen-bond donors (Lipinski definition) is 2. The van der Waals surface area contributed by atoms with Crippen LogP contribution < -0.4 is 20.1 Å². The highest BCUT2D eigenvalue weighted by atomic mass is 32.2. The molecule has 5 rings (SSSR count). The molecular formula is C30H25N3O6S. The van der Waals surface area contributed by atoms with E-state index in [0.717, 1.165) is 16.7 Å². The molecule has 10 heteroatoms. The number of thioether (sulfide) groups is 1. The zero-order chi connectivity index (χ0) is 28.1. The number of ether oxygens (including phenoxy) is 2. The predicted octanol–water partition coefficient (Wildman–Crippen LogP) is 5.53. The maximum Gasteiger partial charge on any atom is 0.278 e. The van der Waals surface area contributed by atoms with Gasteiger partial charge < -0.3 is 24.5 Å². The first-order valence-corrected chi connectivity index (χ1v) is 13.0. The van der Waals surface area contributed by atoms with E-state index in [9.17, 15) is 14.4 Å². The quantitative estimate of drug-likeness (QED) is 0.246. The number of carbonyl (C=O) groups is 3. The first-order valence-electron chi connectivity index (χ1n) is 12.2. The van der Waals surface area contributed by atoms with Crippen molar-refractivity contribution in [2.45, 2.75) is 11.4 Å². The Morgan fingerprint density at radius 2 is 1.68 bits per heavy atom. The third-order valence-electron chi connectivity index (χ3n) is 6.06. The summed E-state index contributed by atoms with van der Waals surface area (Å²) in [5.74, 6) is 0.330. The van der Waals surface area contributed by atoms with Crippen LogP contribution in [-0.2, 0) is 16.1 Å². The maximum atomic E-state index is 13.5. The Balaban J connectivity index is 1.41. The molecule has 0 saturated carbocycles. The number of nitrogens with one attached hydrogen (secondary N) is 2. The van der Waals surface area contributed by atoms with Gasteiger partial charge >= 0.3 is 0 Å². The lowest BCUT2D eigenvalue weighted by atomic mass is 10.2. The second-order valence-corrected chi connectivity index (χ2v) is 9.70. The highest BCUT2D eigenvalue weighted by Gasteiger charge is 2.40. The molecule has 9 nitrogen and oxygen atoms in total. The molecule has 1 aliphatic rings. The van der Waals surface area contributed by atoms with Crippen LogP contribution in [0, 0.1) is 0 Å². The number of amides is 3. The summed E-state index contributed by atoms with van der Waals surface area (Å²) in [6, 6.07) is 24.4. The number of methoxy groups -OCH3 is 2. The minimum Gasteiger partial charge on any atom is -0.497 e. The number of imide groups is 1. The molecule has 0 aliphatic carbocycles. The highest BCUT2D eigenvalue weighted by molar-refractivity contribution is 8.04. The van der Waals surface area contributed by atoms with Crippen LogP contribution in [0.15, 0.2) is 111 Å². The molecule has 2 heterocycles. The largest absolute Gasteiger partial charge is 0.497 e. The maximum absolute atomic E-state index is 13.5. The Kier molecular flexibility index (Phi) is 7.88. The SMILES string of the molecule is COc1ccc(NC2=C(Sc3ccc(NC(=O)c4ccccc4)cc3)C(=O)N(Cc3ccco3)C2=O)c(OC)c1. The first-order chi connectivity index (χ1) is 19.5. The zero-order valence-corrected chi connectivity index (χ0v) is 22.5. The summed E-state index contributed by atoms with van der Waals surface area (Å²) in [6.07, 6.45) is 1.49. The van der Waals surface area contributed by atoms with Gasteiger partial charge in [-0.25, -0.2) is 0 Å². The summed E-state index contributed by atoms with van der Waals surface area (Å²) in [7, 11) is 3.05. The summed E-state index contributed by atoms with van der Waals surface area (Å²) in [5, 5.41) is 5.96. The van der Waals surface area contributed by atoms with Crippen molar-refractivity contribution in [1.29, 1.82) is 0 Å². The number of rotatable bonds is 10. The van der Waals surface area contributed by atoms with Crippen molar-refractivity contribution >= 4 is 40.9 Å². The summed E-state index contributed by atoms with van der Waals surface area (Å²) in [5.41, 5.74) is 1.76. The Morgan fingerprint density at radius 1 is 0.900 bits per heavy atom. The number of nitrogens with zero attached hydrogens (tertiary/aromatic N) is 1. The van der Waals surface area contributed by atoms with Gasteiger partial charge in [0, 0.05) is 22.2 Å². The Labute approximate surface area is 234 Å². The minimum atomic E-state index is -0.492. The molecule has 202 valence electrons. The van der Waals surface area contributed by atoms with E-state index in [0.29, 0.717) is 39.1 Å². The van der Waals surface area contributed by atoms with Crippen LogP contribution >= 0.6 is 11.8 Å². The molecular weight excluding hydrogens is 530 g/mol. The van der Waals surface area contributed by atoms with E-state index in [2.05, 4.69) is 10.6 Å². The van der Waals surface area contributed by atoms with Crippen molar-refractivity contribution in [1.82, 2.24) is 4.90 Å². The van der Waals surface area contributed by atoms with Gasteiger partial charge in [0.2, 0.25) is 0 Å². The van der Waals surface area contributed by atoms with E-state index < -0.39 is 11.8 Å². The van der Waals surface area contributed by atoms with Gasteiger partial charge in [-0.05, 0) is 60.7 Å². The third kappa shape index (κ3) is 5.71. The van der Waals surface area contributed by atoms with Crippen molar-refractivity contribution < 1.29 is 28.3 Å². The topological polar surface area (TPSA) is 110 Å². The highest BCUT2D eigenvalue weighted by Crippen LogP contribution is 2.39. The van der Waals surface area contributed by atoms with Crippen LogP contribution in [0.5, 0.6) is 11.5 Å². The van der Waals surface area contributed by atoms with Crippen molar-refractivity contribution in [3.63, 3.8) is 0 Å². The van der Waals surface area contributed by atoms with E-state index in [1.165, 1.54) is 13.4 Å². The fourth-order valence-electron chi connectivity index (χ4n) is 4.01. The van der Waals surface area contributed by atoms with Gasteiger partial charge in [0.15, 0.2) is 0 Å². The Morgan fingerprint density at radius 3 is 2.35 bits per heavy atom. The van der Waals surface area contributed by atoms with Crippen LogP contribution in [0.3, 0.4) is 0 Å². The standard InChI is InChI=1S/C30H25N3O6S/c1-37-21-12-15-24(25(17-21)38-2)32-26-27(30(36)33(29(26)35)18-22-9-6-16-39-22)40-23-13-10-20(11-14-23)31-28(34)19-7-4-3-5-8-19/h3-17,32H,18H2,1-2H3,(H,31,34). The van der Waals surface area contributed by atoms with Crippen LogP contribution in [0.4, 0.5) is 11.4 Å². The molecule has 1 aromatic heterocycles. The second-order valence-electron chi connectivity index (χ2n) is 8.62. The fourth-order valence-corrected chi connectivity index (χ4v) is 4.96. The normalized spacial score (nSPS) is 13.0. The van der Waals surface area contributed by atoms with Gasteiger partial charge in [0.05, 0.1) is 32.7 Å². The number of benzene rings is 3. The molecule has 0 spiro atoms. The molecule has 1 aliphatic heterocycles. The lowest BCUT2D eigenvalue weighted by molar-refractivity contribution is -0.138. The van der Waals surface area contributed by atoms with E-state index in [1.807, 2.05) is 6.07 Å². The molecule has 0 fully saturated rings. The van der Waals surface area contributed by atoms with Crippen molar-refractivity contribution in [2.75, 3.05) is 24.9 Å². The van der Waals surface area contributed by atoms with Gasteiger partial charge in [0.25, 0.3) is 17.7 Å². The van der Waals surface area contributed by atoms with Gasteiger partial charge in [0.1, 0.15) is 27.9 Å². The fraction of sp³-hybridized carbons (Fsp3) is 0.100. The van der Waals surface area contributed by atoms with Gasteiger partial charge in [-0.15, -0.1) is 0 Å². The molecule has 0 atom stereocenters. The van der Waals surface area contributed by atoms with Crippen molar-refractivity contribution in [3.8, 4) is 11.5 Å². The molecule has 40 heavy (non-hydrogen) atoms. The molecule has 0 bridgehead atoms. The average Bonchev–Trinajstić information content (AvgIpc) is 3.58. The van der Waals surface area contributed by atoms with Gasteiger partial charge in [-0.2, -0.15) is 0 Å². The number of furan rings is 1. The zero-order valence-electron chi connectivity index (χ0n) is 21.7. The van der Waals surface area contributed by atoms with Gasteiger partial charge in [-0.3, -0.25) is 19.3 Å². The van der Waals surface area contributed by atoms with E-state index in [1.54, 1.807) is 86.0 Å². The molecule has 2 N–H and O–H groups in total. The number of anilines is 2. The van der Waals surface area contributed by atoms with Crippen molar-refractivity contribution in [2.24, 2.45) is 0 Å². The molecule has 3 amide bonds. The smallest absolute Gasteiger partial charge is 0.278 e.